The highest BCUT2D eigenvalue weighted by atomic mass is 16.5. The summed E-state index contributed by atoms with van der Waals surface area (Å²) in [5.74, 6) is -0.287. The van der Waals surface area contributed by atoms with Gasteiger partial charge >= 0.3 is 5.97 Å². The van der Waals surface area contributed by atoms with Gasteiger partial charge in [-0.1, -0.05) is 32.9 Å². The van der Waals surface area contributed by atoms with Crippen molar-refractivity contribution >= 4 is 5.97 Å². The molecule has 21 heavy (non-hydrogen) atoms. The van der Waals surface area contributed by atoms with Crippen LogP contribution in [-0.2, 0) is 19.1 Å². The Kier molecular flexibility index (Phi) is 4.02. The number of carboxylic acids is 1. The van der Waals surface area contributed by atoms with Crippen LogP contribution in [0.25, 0.3) is 0 Å². The number of carbonyl (C=O) groups is 1. The number of rotatable bonds is 4. The maximum atomic E-state index is 11.1. The molecule has 2 aromatic rings. The van der Waals surface area contributed by atoms with E-state index in [1.807, 2.05) is 24.3 Å². The van der Waals surface area contributed by atoms with Gasteiger partial charge in [0.15, 0.2) is 0 Å². The van der Waals surface area contributed by atoms with Crippen molar-refractivity contribution in [2.24, 2.45) is 7.05 Å². The molecule has 2 rings (SSSR count). The highest BCUT2D eigenvalue weighted by Crippen LogP contribution is 2.24. The predicted molar refractivity (Wildman–Crippen MR) is 79.6 cm³/mol. The summed E-state index contributed by atoms with van der Waals surface area (Å²) in [7, 11) is 1.70. The van der Waals surface area contributed by atoms with Gasteiger partial charge < -0.3 is 9.84 Å². The van der Waals surface area contributed by atoms with Crippen molar-refractivity contribution in [2.75, 3.05) is 0 Å². The van der Waals surface area contributed by atoms with E-state index < -0.39 is 5.97 Å². The van der Waals surface area contributed by atoms with Gasteiger partial charge in [-0.05, 0) is 23.1 Å². The summed E-state index contributed by atoms with van der Waals surface area (Å²) in [4.78, 5) is 11.1. The van der Waals surface area contributed by atoms with Crippen LogP contribution in [0.3, 0.4) is 0 Å². The van der Waals surface area contributed by atoms with Gasteiger partial charge in [0.05, 0.1) is 11.9 Å². The van der Waals surface area contributed by atoms with Crippen molar-refractivity contribution in [1.29, 1.82) is 0 Å². The number of nitrogens with zero attached hydrogens (tertiary/aromatic N) is 2. The number of ether oxygens (including phenoxy) is 1. The highest BCUT2D eigenvalue weighted by Gasteiger charge is 2.16. The molecule has 0 spiro atoms. The SMILES string of the molecule is Cn1ncc(C(=O)O)c1COc1ccc(C(C)(C)C)cc1. The monoisotopic (exact) mass is 288 g/mol. The minimum Gasteiger partial charge on any atom is -0.487 e. The number of hydrogen-bond acceptors (Lipinski definition) is 3. The molecule has 112 valence electrons. The lowest BCUT2D eigenvalue weighted by Crippen LogP contribution is -2.11. The van der Waals surface area contributed by atoms with Crippen molar-refractivity contribution in [1.82, 2.24) is 9.78 Å². The summed E-state index contributed by atoms with van der Waals surface area (Å²) in [5.41, 5.74) is 2.03. The Morgan fingerprint density at radius 2 is 1.90 bits per heavy atom. The Labute approximate surface area is 124 Å². The summed E-state index contributed by atoms with van der Waals surface area (Å²) < 4.78 is 7.19. The second-order valence-electron chi connectivity index (χ2n) is 6.00. The van der Waals surface area contributed by atoms with E-state index in [1.165, 1.54) is 16.4 Å². The molecular formula is C16H20N2O3. The molecule has 0 unspecified atom stereocenters. The number of aryl methyl sites for hydroxylation is 1. The zero-order valence-corrected chi connectivity index (χ0v) is 12.8. The summed E-state index contributed by atoms with van der Waals surface area (Å²) in [6.45, 7) is 6.62. The number of hydrogen-bond donors (Lipinski definition) is 1. The van der Waals surface area contributed by atoms with E-state index in [9.17, 15) is 4.79 Å². The standard InChI is InChI=1S/C16H20N2O3/c1-16(2,3)11-5-7-12(8-6-11)21-10-14-13(15(19)20)9-17-18(14)4/h5-9H,10H2,1-4H3,(H,19,20). The van der Waals surface area contributed by atoms with Crippen LogP contribution in [0, 0.1) is 0 Å². The van der Waals surface area contributed by atoms with Crippen molar-refractivity contribution < 1.29 is 14.6 Å². The van der Waals surface area contributed by atoms with E-state index in [-0.39, 0.29) is 17.6 Å². The lowest BCUT2D eigenvalue weighted by Gasteiger charge is -2.19. The van der Waals surface area contributed by atoms with Crippen LogP contribution < -0.4 is 4.74 Å². The molecule has 0 saturated heterocycles. The van der Waals surface area contributed by atoms with Crippen LogP contribution >= 0.6 is 0 Å². The van der Waals surface area contributed by atoms with Gasteiger partial charge in [0, 0.05) is 7.05 Å². The van der Waals surface area contributed by atoms with Crippen molar-refractivity contribution in [3.63, 3.8) is 0 Å². The maximum Gasteiger partial charge on any atom is 0.339 e. The van der Waals surface area contributed by atoms with E-state index in [4.69, 9.17) is 9.84 Å². The summed E-state index contributed by atoms with van der Waals surface area (Å²) in [5, 5.41) is 13.0. The maximum absolute atomic E-state index is 11.1. The van der Waals surface area contributed by atoms with Gasteiger partial charge in [-0.3, -0.25) is 4.68 Å². The minimum absolute atomic E-state index is 0.0943. The normalized spacial score (nSPS) is 11.4. The molecule has 5 nitrogen and oxygen atoms in total. The highest BCUT2D eigenvalue weighted by molar-refractivity contribution is 5.88. The molecule has 0 aliphatic heterocycles. The van der Waals surface area contributed by atoms with E-state index in [2.05, 4.69) is 25.9 Å². The van der Waals surface area contributed by atoms with E-state index in [0.29, 0.717) is 11.4 Å². The summed E-state index contributed by atoms with van der Waals surface area (Å²) in [6, 6.07) is 7.85. The van der Waals surface area contributed by atoms with Gasteiger partial charge in [0.2, 0.25) is 0 Å². The topological polar surface area (TPSA) is 64.4 Å². The third-order valence-electron chi connectivity index (χ3n) is 3.39. The smallest absolute Gasteiger partial charge is 0.339 e. The van der Waals surface area contributed by atoms with Crippen LogP contribution in [-0.4, -0.2) is 20.9 Å². The fourth-order valence-electron chi connectivity index (χ4n) is 2.02. The molecule has 0 aliphatic carbocycles. The third-order valence-corrected chi connectivity index (χ3v) is 3.39. The fourth-order valence-corrected chi connectivity index (χ4v) is 2.02. The minimum atomic E-state index is -0.996. The number of benzene rings is 1. The zero-order chi connectivity index (χ0) is 15.6. The Balaban J connectivity index is 2.10. The fraction of sp³-hybridized carbons (Fsp3) is 0.375. The van der Waals surface area contributed by atoms with Gasteiger partial charge in [-0.15, -0.1) is 0 Å². The lowest BCUT2D eigenvalue weighted by atomic mass is 9.87. The quantitative estimate of drug-likeness (QED) is 0.939. The molecule has 0 radical (unpaired) electrons. The number of carboxylic acid groups (broad SMARTS) is 1. The summed E-state index contributed by atoms with van der Waals surface area (Å²) in [6.07, 6.45) is 1.34. The first kappa shape index (κ1) is 15.1. The molecule has 1 aromatic heterocycles. The number of aromatic carboxylic acids is 1. The van der Waals surface area contributed by atoms with E-state index in [0.717, 1.165) is 0 Å². The van der Waals surface area contributed by atoms with Crippen LogP contribution in [0.4, 0.5) is 0 Å². The third kappa shape index (κ3) is 3.42. The van der Waals surface area contributed by atoms with Crippen LogP contribution in [0.15, 0.2) is 30.5 Å². The van der Waals surface area contributed by atoms with Crippen molar-refractivity contribution in [3.05, 3.63) is 47.3 Å². The Hall–Kier alpha value is -2.30. The Morgan fingerprint density at radius 1 is 1.29 bits per heavy atom. The van der Waals surface area contributed by atoms with Crippen LogP contribution in [0.1, 0.15) is 42.4 Å². The van der Waals surface area contributed by atoms with Crippen molar-refractivity contribution in [2.45, 2.75) is 32.8 Å². The molecule has 5 heteroatoms. The Bertz CT molecular complexity index is 637. The molecule has 1 heterocycles. The first-order valence-corrected chi connectivity index (χ1v) is 6.76. The van der Waals surface area contributed by atoms with Gasteiger partial charge in [-0.2, -0.15) is 5.10 Å². The molecule has 0 amide bonds. The van der Waals surface area contributed by atoms with Crippen molar-refractivity contribution in [3.8, 4) is 5.75 Å². The van der Waals surface area contributed by atoms with Gasteiger partial charge in [0.25, 0.3) is 0 Å². The average molecular weight is 288 g/mol. The first-order valence-electron chi connectivity index (χ1n) is 6.76. The largest absolute Gasteiger partial charge is 0.487 e. The molecule has 0 bridgehead atoms. The molecule has 0 saturated carbocycles. The van der Waals surface area contributed by atoms with E-state index >= 15 is 0 Å². The number of aromatic nitrogens is 2. The second kappa shape index (κ2) is 5.60. The molecular weight excluding hydrogens is 268 g/mol. The average Bonchev–Trinajstić information content (AvgIpc) is 2.77. The van der Waals surface area contributed by atoms with Gasteiger partial charge in [-0.25, -0.2) is 4.79 Å². The lowest BCUT2D eigenvalue weighted by molar-refractivity contribution is 0.0693. The molecule has 0 aliphatic rings. The van der Waals surface area contributed by atoms with E-state index in [1.54, 1.807) is 7.05 Å². The zero-order valence-electron chi connectivity index (χ0n) is 12.8. The van der Waals surface area contributed by atoms with Crippen LogP contribution in [0.5, 0.6) is 5.75 Å². The molecule has 1 aromatic carbocycles. The van der Waals surface area contributed by atoms with Crippen LogP contribution in [0.2, 0.25) is 0 Å². The predicted octanol–water partition coefficient (Wildman–Crippen LogP) is 2.99. The molecule has 0 fully saturated rings. The summed E-state index contributed by atoms with van der Waals surface area (Å²) >= 11 is 0. The first-order chi connectivity index (χ1) is 9.79. The molecule has 1 N–H and O–H groups in total. The molecule has 0 atom stereocenters. The Morgan fingerprint density at radius 3 is 2.43 bits per heavy atom. The van der Waals surface area contributed by atoms with Gasteiger partial charge in [0.1, 0.15) is 17.9 Å². The second-order valence-corrected chi connectivity index (χ2v) is 6.00.